The van der Waals surface area contributed by atoms with Gasteiger partial charge in [-0.1, -0.05) is 11.8 Å². The summed E-state index contributed by atoms with van der Waals surface area (Å²) in [5.41, 5.74) is 6.18. The highest BCUT2D eigenvalue weighted by molar-refractivity contribution is 6.04. The van der Waals surface area contributed by atoms with E-state index in [4.69, 9.17) is 10.5 Å². The minimum atomic E-state index is -0.825. The summed E-state index contributed by atoms with van der Waals surface area (Å²) in [7, 11) is 3.56. The monoisotopic (exact) mass is 596 g/mol. The molecule has 10 nitrogen and oxygen atoms in total. The lowest BCUT2D eigenvalue weighted by molar-refractivity contribution is 0.102. The zero-order chi connectivity index (χ0) is 31.4. The zero-order valence-corrected chi connectivity index (χ0v) is 24.8. The number of anilines is 2. The van der Waals surface area contributed by atoms with E-state index in [0.717, 1.165) is 53.6 Å². The maximum absolute atomic E-state index is 13.4. The Kier molecular flexibility index (Phi) is 8.92. The molecule has 3 N–H and O–H groups in total. The van der Waals surface area contributed by atoms with Crippen LogP contribution in [0, 0.1) is 30.5 Å². The first-order valence-corrected chi connectivity index (χ1v) is 14.2. The van der Waals surface area contributed by atoms with E-state index in [-0.39, 0.29) is 17.1 Å². The molecule has 3 heterocycles. The number of nitrogens with one attached hydrogen (secondary N) is 1. The fourth-order valence-electron chi connectivity index (χ4n) is 5.02. The van der Waals surface area contributed by atoms with Crippen molar-refractivity contribution in [3.8, 4) is 29.0 Å². The summed E-state index contributed by atoms with van der Waals surface area (Å²) in [5, 5.41) is 2.71. The largest absolute Gasteiger partial charge is 0.456 e. The van der Waals surface area contributed by atoms with E-state index in [9.17, 15) is 18.8 Å². The number of hydrogen-bond acceptors (Lipinski definition) is 7. The lowest BCUT2D eigenvalue weighted by Crippen LogP contribution is -2.41. The summed E-state index contributed by atoms with van der Waals surface area (Å²) in [6.45, 7) is 3.96. The van der Waals surface area contributed by atoms with Crippen LogP contribution in [0.4, 0.5) is 15.9 Å². The van der Waals surface area contributed by atoms with Crippen molar-refractivity contribution >= 4 is 17.4 Å². The molecule has 0 unspecified atom stereocenters. The number of nitrogens with two attached hydrogens (primary N) is 1. The molecular weight excluding hydrogens is 563 g/mol. The van der Waals surface area contributed by atoms with Gasteiger partial charge in [-0.3, -0.25) is 9.59 Å². The predicted octanol–water partition coefficient (Wildman–Crippen LogP) is 4.09. The Hall–Kier alpha value is -5.21. The number of carbonyl (C=O) groups excluding carboxylic acids is 1. The Balaban J connectivity index is 1.33. The number of aromatic nitrogens is 3. The number of hydrogen-bond donors (Lipinski definition) is 2. The molecule has 11 heteroatoms. The molecule has 1 aliphatic rings. The number of rotatable bonds is 6. The van der Waals surface area contributed by atoms with Gasteiger partial charge in [-0.25, -0.2) is 18.7 Å². The van der Waals surface area contributed by atoms with Crippen LogP contribution >= 0.6 is 0 Å². The number of likely N-dealkylation sites (tertiary alicyclic amines) is 1. The third kappa shape index (κ3) is 6.71. The number of carbonyl (C=O) groups is 1. The molecule has 2 aromatic heterocycles. The number of amides is 1. The van der Waals surface area contributed by atoms with Gasteiger partial charge in [0.1, 0.15) is 34.3 Å². The molecule has 0 atom stereocenters. The fraction of sp³-hybridized carbons (Fsp3) is 0.273. The normalized spacial score (nSPS) is 13.6. The molecule has 1 saturated heterocycles. The van der Waals surface area contributed by atoms with Gasteiger partial charge in [0.05, 0.1) is 5.69 Å². The molecule has 226 valence electrons. The molecule has 44 heavy (non-hydrogen) atoms. The van der Waals surface area contributed by atoms with Crippen molar-refractivity contribution in [2.24, 2.45) is 13.0 Å². The van der Waals surface area contributed by atoms with E-state index in [1.165, 1.54) is 25.4 Å². The zero-order valence-electron chi connectivity index (χ0n) is 24.8. The molecule has 0 radical (unpaired) electrons. The smallest absolute Gasteiger partial charge is 0.335 e. The molecule has 1 aliphatic heterocycles. The average Bonchev–Trinajstić information content (AvgIpc) is 2.99. The maximum Gasteiger partial charge on any atom is 0.335 e. The van der Waals surface area contributed by atoms with Crippen LogP contribution in [0.2, 0.25) is 0 Å². The van der Waals surface area contributed by atoms with Gasteiger partial charge in [-0.15, -0.1) is 0 Å². The first-order chi connectivity index (χ1) is 21.1. The standard InChI is InChI=1S/C33H33FN6O4/c1-21-19-24(37-31(41)27-20-39(3)33(43)40(32(27)42)25-10-7-23(34)8-11-25)9-12-28(21)44-29-13-16-36-30(35)26(29)6-4-5-22-14-17-38(2)18-15-22/h7-13,16,19-20,22H,5,14-15,17-18H2,1-3H3,(H2,35,36)(H,37,41). The van der Waals surface area contributed by atoms with E-state index >= 15 is 0 Å². The number of benzene rings is 2. The number of pyridine rings is 1. The Morgan fingerprint density at radius 2 is 1.82 bits per heavy atom. The van der Waals surface area contributed by atoms with Crippen LogP contribution in [-0.2, 0) is 7.05 Å². The van der Waals surface area contributed by atoms with Gasteiger partial charge in [0, 0.05) is 37.6 Å². The van der Waals surface area contributed by atoms with Gasteiger partial charge < -0.3 is 25.3 Å². The summed E-state index contributed by atoms with van der Waals surface area (Å²) in [6.07, 6.45) is 5.74. The average molecular weight is 597 g/mol. The van der Waals surface area contributed by atoms with Crippen molar-refractivity contribution in [3.05, 3.63) is 104 Å². The summed E-state index contributed by atoms with van der Waals surface area (Å²) in [4.78, 5) is 45.5. The van der Waals surface area contributed by atoms with E-state index in [1.807, 2.05) is 6.92 Å². The molecule has 5 rings (SSSR count). The van der Waals surface area contributed by atoms with Gasteiger partial charge in [-0.2, -0.15) is 0 Å². The number of aryl methyl sites for hydroxylation is 2. The highest BCUT2D eigenvalue weighted by atomic mass is 19.1. The van der Waals surface area contributed by atoms with Crippen LogP contribution in [0.3, 0.4) is 0 Å². The highest BCUT2D eigenvalue weighted by Gasteiger charge is 2.19. The lowest BCUT2D eigenvalue weighted by atomic mass is 9.94. The molecule has 4 aromatic rings. The Morgan fingerprint density at radius 3 is 2.52 bits per heavy atom. The summed E-state index contributed by atoms with van der Waals surface area (Å²) in [5.74, 6) is 7.02. The third-order valence-corrected chi connectivity index (χ3v) is 7.62. The quantitative estimate of drug-likeness (QED) is 0.321. The van der Waals surface area contributed by atoms with Crippen molar-refractivity contribution in [2.45, 2.75) is 26.2 Å². The topological polar surface area (TPSA) is 124 Å². The SMILES string of the molecule is Cc1cc(NC(=O)c2cn(C)c(=O)n(-c3ccc(F)cc3)c2=O)ccc1Oc1ccnc(N)c1C#CCC1CCN(C)CC1. The number of ether oxygens (including phenoxy) is 1. The molecule has 0 spiro atoms. The third-order valence-electron chi connectivity index (χ3n) is 7.62. The van der Waals surface area contributed by atoms with E-state index in [1.54, 1.807) is 30.5 Å². The molecule has 1 fully saturated rings. The molecule has 2 aromatic carbocycles. The lowest BCUT2D eigenvalue weighted by Gasteiger charge is -2.27. The summed E-state index contributed by atoms with van der Waals surface area (Å²) in [6, 6.07) is 11.6. The second kappa shape index (κ2) is 13.0. The van der Waals surface area contributed by atoms with Crippen molar-refractivity contribution in [1.29, 1.82) is 0 Å². The van der Waals surface area contributed by atoms with Crippen molar-refractivity contribution < 1.29 is 13.9 Å². The van der Waals surface area contributed by atoms with Crippen LogP contribution in [0.25, 0.3) is 5.69 Å². The summed E-state index contributed by atoms with van der Waals surface area (Å²) >= 11 is 0. The van der Waals surface area contributed by atoms with E-state index < -0.39 is 23.0 Å². The number of nitrogens with zero attached hydrogens (tertiary/aromatic N) is 4. The van der Waals surface area contributed by atoms with Crippen LogP contribution in [0.15, 0.2) is 70.5 Å². The van der Waals surface area contributed by atoms with Crippen LogP contribution in [0.5, 0.6) is 11.5 Å². The van der Waals surface area contributed by atoms with Gasteiger partial charge in [-0.05, 0) is 93.8 Å². The second-order valence-electron chi connectivity index (χ2n) is 10.9. The van der Waals surface area contributed by atoms with Crippen molar-refractivity contribution in [2.75, 3.05) is 31.2 Å². The van der Waals surface area contributed by atoms with Gasteiger partial charge >= 0.3 is 5.69 Å². The molecule has 0 bridgehead atoms. The number of halogens is 1. The maximum atomic E-state index is 13.4. The van der Waals surface area contributed by atoms with Crippen LogP contribution in [-0.4, -0.2) is 45.1 Å². The fourth-order valence-corrected chi connectivity index (χ4v) is 5.02. The van der Waals surface area contributed by atoms with Crippen molar-refractivity contribution in [3.63, 3.8) is 0 Å². The van der Waals surface area contributed by atoms with Gasteiger partial charge in [0.2, 0.25) is 0 Å². The molecule has 0 aliphatic carbocycles. The molecule has 1 amide bonds. The first-order valence-electron chi connectivity index (χ1n) is 14.2. The second-order valence-corrected chi connectivity index (χ2v) is 10.9. The minimum absolute atomic E-state index is 0.145. The summed E-state index contributed by atoms with van der Waals surface area (Å²) < 4.78 is 21.5. The van der Waals surface area contributed by atoms with Crippen molar-refractivity contribution in [1.82, 2.24) is 19.0 Å². The van der Waals surface area contributed by atoms with Crippen LogP contribution < -0.4 is 27.0 Å². The molecule has 0 saturated carbocycles. The van der Waals surface area contributed by atoms with E-state index in [0.29, 0.717) is 34.2 Å². The Labute approximate surface area is 253 Å². The van der Waals surface area contributed by atoms with Gasteiger partial charge in [0.15, 0.2) is 0 Å². The number of piperidine rings is 1. The van der Waals surface area contributed by atoms with E-state index in [2.05, 4.69) is 34.1 Å². The first kappa shape index (κ1) is 30.3. The predicted molar refractivity (Wildman–Crippen MR) is 167 cm³/mol. The van der Waals surface area contributed by atoms with Gasteiger partial charge in [0.25, 0.3) is 11.5 Å². The highest BCUT2D eigenvalue weighted by Crippen LogP contribution is 2.31. The molecular formula is C33H33FN6O4. The van der Waals surface area contributed by atoms with Crippen LogP contribution in [0.1, 0.15) is 40.7 Å². The Morgan fingerprint density at radius 1 is 1.09 bits per heavy atom. The Bertz CT molecular complexity index is 1880. The number of nitrogen functional groups attached to an aromatic ring is 1. The minimum Gasteiger partial charge on any atom is -0.456 e.